The maximum atomic E-state index is 2.44. The molecular weight excluding hydrogens is 697 g/mol. The van der Waals surface area contributed by atoms with Crippen molar-refractivity contribution in [2.45, 2.75) is 80.1 Å². The van der Waals surface area contributed by atoms with Crippen LogP contribution in [0.1, 0.15) is 106 Å². The molecule has 288 valence electrons. The lowest BCUT2D eigenvalue weighted by Crippen LogP contribution is -2.12. The van der Waals surface area contributed by atoms with Crippen LogP contribution in [-0.4, -0.2) is 0 Å². The minimum atomic E-state index is 0.0268. The number of aryl methyl sites for hydroxylation is 4. The average molecular weight is 753 g/mol. The Balaban J connectivity index is 1.43. The van der Waals surface area contributed by atoms with E-state index in [1.807, 2.05) is 0 Å². The minimum Gasteiger partial charge on any atom is -0.0625 e. The van der Waals surface area contributed by atoms with Gasteiger partial charge in [0.05, 0.1) is 0 Å². The first-order valence-electron chi connectivity index (χ1n) is 21.5. The van der Waals surface area contributed by atoms with Gasteiger partial charge in [-0.2, -0.15) is 0 Å². The first-order chi connectivity index (χ1) is 28.0. The van der Waals surface area contributed by atoms with E-state index in [-0.39, 0.29) is 11.8 Å². The highest BCUT2D eigenvalue weighted by Crippen LogP contribution is 2.58. The van der Waals surface area contributed by atoms with Gasteiger partial charge < -0.3 is 0 Å². The van der Waals surface area contributed by atoms with Crippen LogP contribution in [0.25, 0.3) is 43.8 Å². The second-order valence-corrected chi connectivity index (χ2v) is 18.2. The SMILES string of the molecule is Cc1cc(C)cc(C(c2ccc(CC(C)C)cc2)c2c3c(c(C(c4ccc(CC(C)C)cc4)c4cc(C)cc(C)c4)c4ccccc24)-c2cccc4cccc-3c24)c1. The smallest absolute Gasteiger partial charge is 0.0352 e. The molecule has 2 atom stereocenters. The zero-order valence-electron chi connectivity index (χ0n) is 35.6. The van der Waals surface area contributed by atoms with Crippen LogP contribution in [0.3, 0.4) is 0 Å². The lowest BCUT2D eigenvalue weighted by atomic mass is 9.72. The Labute approximate surface area is 346 Å². The average Bonchev–Trinajstić information content (AvgIpc) is 3.51. The Bertz CT molecular complexity index is 2580. The van der Waals surface area contributed by atoms with Gasteiger partial charge in [-0.3, -0.25) is 0 Å². The lowest BCUT2D eigenvalue weighted by molar-refractivity contribution is 0.647. The van der Waals surface area contributed by atoms with Gasteiger partial charge in [0.25, 0.3) is 0 Å². The third-order valence-electron chi connectivity index (χ3n) is 12.4. The van der Waals surface area contributed by atoms with E-state index in [2.05, 4.69) is 201 Å². The Morgan fingerprint density at radius 2 is 0.759 bits per heavy atom. The van der Waals surface area contributed by atoms with Crippen molar-refractivity contribution in [1.82, 2.24) is 0 Å². The van der Waals surface area contributed by atoms with E-state index in [4.69, 9.17) is 0 Å². The first-order valence-corrected chi connectivity index (χ1v) is 21.5. The molecule has 0 N–H and O–H groups in total. The molecule has 0 heterocycles. The van der Waals surface area contributed by atoms with Crippen molar-refractivity contribution in [3.63, 3.8) is 0 Å². The van der Waals surface area contributed by atoms with E-state index in [0.717, 1.165) is 12.8 Å². The van der Waals surface area contributed by atoms with Crippen LogP contribution in [-0.2, 0) is 12.8 Å². The van der Waals surface area contributed by atoms with E-state index in [9.17, 15) is 0 Å². The molecule has 0 fully saturated rings. The van der Waals surface area contributed by atoms with Gasteiger partial charge in [0.2, 0.25) is 0 Å². The van der Waals surface area contributed by atoms with Gasteiger partial charge >= 0.3 is 0 Å². The van der Waals surface area contributed by atoms with Gasteiger partial charge in [-0.25, -0.2) is 0 Å². The molecule has 8 aromatic rings. The number of benzene rings is 8. The fourth-order valence-electron chi connectivity index (χ4n) is 10.4. The quantitative estimate of drug-likeness (QED) is 0.122. The zero-order chi connectivity index (χ0) is 40.2. The van der Waals surface area contributed by atoms with Gasteiger partial charge in [-0.15, -0.1) is 0 Å². The monoisotopic (exact) mass is 752 g/mol. The molecule has 0 spiro atoms. The molecule has 0 radical (unpaired) electrons. The van der Waals surface area contributed by atoms with E-state index >= 15 is 0 Å². The minimum absolute atomic E-state index is 0.0268. The molecule has 0 bridgehead atoms. The third kappa shape index (κ3) is 6.87. The van der Waals surface area contributed by atoms with Crippen molar-refractivity contribution < 1.29 is 0 Å². The van der Waals surface area contributed by atoms with Crippen LogP contribution in [0, 0.1) is 39.5 Å². The summed E-state index contributed by atoms with van der Waals surface area (Å²) in [4.78, 5) is 0. The molecule has 58 heavy (non-hydrogen) atoms. The zero-order valence-corrected chi connectivity index (χ0v) is 35.6. The fourth-order valence-corrected chi connectivity index (χ4v) is 10.4. The predicted octanol–water partition coefficient (Wildman–Crippen LogP) is 15.6. The Hall–Kier alpha value is -5.72. The summed E-state index contributed by atoms with van der Waals surface area (Å²) in [5, 5.41) is 5.34. The van der Waals surface area contributed by atoms with Crippen LogP contribution >= 0.6 is 0 Å². The highest BCUT2D eigenvalue weighted by atomic mass is 14.4. The lowest BCUT2D eigenvalue weighted by Gasteiger charge is -2.30. The summed E-state index contributed by atoms with van der Waals surface area (Å²) in [7, 11) is 0. The fraction of sp³-hybridized carbons (Fsp3) is 0.241. The number of hydrogen-bond donors (Lipinski definition) is 0. The molecule has 8 aromatic carbocycles. The molecular formula is C58H56. The number of hydrogen-bond acceptors (Lipinski definition) is 0. The summed E-state index contributed by atoms with van der Waals surface area (Å²) in [6.07, 6.45) is 2.16. The largest absolute Gasteiger partial charge is 0.0625 e. The maximum Gasteiger partial charge on any atom is 0.0352 e. The van der Waals surface area contributed by atoms with Crippen molar-refractivity contribution in [2.75, 3.05) is 0 Å². The summed E-state index contributed by atoms with van der Waals surface area (Å²) >= 11 is 0. The first kappa shape index (κ1) is 37.8. The van der Waals surface area contributed by atoms with Crippen LogP contribution < -0.4 is 0 Å². The number of fused-ring (bicyclic) bond motifs is 4. The molecule has 0 heteroatoms. The summed E-state index contributed by atoms with van der Waals surface area (Å²) in [5.74, 6) is 1.27. The Kier molecular flexibility index (Phi) is 9.93. The van der Waals surface area contributed by atoms with E-state index < -0.39 is 0 Å². The normalized spacial score (nSPS) is 13.1. The third-order valence-corrected chi connectivity index (χ3v) is 12.4. The molecule has 0 saturated heterocycles. The van der Waals surface area contributed by atoms with Gasteiger partial charge in [0.1, 0.15) is 0 Å². The topological polar surface area (TPSA) is 0 Å². The Morgan fingerprint density at radius 1 is 0.379 bits per heavy atom. The number of rotatable bonds is 10. The van der Waals surface area contributed by atoms with Gasteiger partial charge in [0.15, 0.2) is 0 Å². The van der Waals surface area contributed by atoms with E-state index in [0.29, 0.717) is 11.8 Å². The predicted molar refractivity (Wildman–Crippen MR) is 250 cm³/mol. The molecule has 0 saturated carbocycles. The highest BCUT2D eigenvalue weighted by Gasteiger charge is 2.36. The van der Waals surface area contributed by atoms with Crippen molar-refractivity contribution in [3.8, 4) is 22.3 Å². The van der Waals surface area contributed by atoms with Crippen LogP contribution in [0.15, 0.2) is 146 Å². The summed E-state index contributed by atoms with van der Waals surface area (Å²) in [6, 6.07) is 57.0. The molecule has 9 rings (SSSR count). The van der Waals surface area contributed by atoms with E-state index in [1.54, 1.807) is 0 Å². The van der Waals surface area contributed by atoms with Crippen LogP contribution in [0.2, 0.25) is 0 Å². The summed E-state index contributed by atoms with van der Waals surface area (Å²) < 4.78 is 0. The van der Waals surface area contributed by atoms with Crippen LogP contribution in [0.4, 0.5) is 0 Å². The van der Waals surface area contributed by atoms with Crippen LogP contribution in [0.5, 0.6) is 0 Å². The second-order valence-electron chi connectivity index (χ2n) is 18.2. The van der Waals surface area contributed by atoms with E-state index in [1.165, 1.54) is 111 Å². The van der Waals surface area contributed by atoms with Gasteiger partial charge in [0, 0.05) is 11.8 Å². The van der Waals surface area contributed by atoms with Crippen molar-refractivity contribution >= 4 is 21.5 Å². The molecule has 1 aliphatic rings. The van der Waals surface area contributed by atoms with Gasteiger partial charge in [-0.1, -0.05) is 196 Å². The van der Waals surface area contributed by atoms with Crippen molar-refractivity contribution in [1.29, 1.82) is 0 Å². The van der Waals surface area contributed by atoms with Crippen molar-refractivity contribution in [3.05, 3.63) is 212 Å². The molecule has 0 nitrogen and oxygen atoms in total. The molecule has 0 aromatic heterocycles. The summed E-state index contributed by atoms with van der Waals surface area (Å²) in [5.41, 5.74) is 21.7. The molecule has 0 aliphatic heterocycles. The molecule has 2 unspecified atom stereocenters. The van der Waals surface area contributed by atoms with Crippen molar-refractivity contribution in [2.24, 2.45) is 11.8 Å². The molecule has 0 amide bonds. The standard InChI is InChI=1S/C58H56/c1-35(2)27-41-19-23-44(24-20-41)52(46-31-37(5)29-38(6)32-46)55-48-15-9-10-16-49(48)56(58-51-18-12-14-43-13-11-17-50(54(43)51)57(55)58)53(47-33-39(7)30-40(8)34-47)45-25-21-42(22-26-45)28-36(3)4/h9-26,29-36,52-53H,27-28H2,1-8H3. The maximum absolute atomic E-state index is 2.44. The molecule has 1 aliphatic carbocycles. The second kappa shape index (κ2) is 15.2. The Morgan fingerprint density at radius 3 is 1.12 bits per heavy atom. The van der Waals surface area contributed by atoms with Gasteiger partial charge in [-0.05, 0) is 141 Å². The summed E-state index contributed by atoms with van der Waals surface area (Å²) in [6.45, 7) is 18.3. The highest BCUT2D eigenvalue weighted by molar-refractivity contribution is 6.20.